The van der Waals surface area contributed by atoms with E-state index in [1.165, 1.54) is 0 Å². The minimum Gasteiger partial charge on any atom is -0.454 e. The molecule has 0 bridgehead atoms. The largest absolute Gasteiger partial charge is 0.454 e. The smallest absolute Gasteiger partial charge is 0.231 e. The number of hydrogen-bond acceptors (Lipinski definition) is 5. The van der Waals surface area contributed by atoms with E-state index in [0.29, 0.717) is 23.1 Å². The molecule has 2 atom stereocenters. The van der Waals surface area contributed by atoms with E-state index in [1.807, 2.05) is 12.1 Å². The van der Waals surface area contributed by atoms with Gasteiger partial charge in [-0.05, 0) is 30.5 Å². The van der Waals surface area contributed by atoms with Crippen molar-refractivity contribution in [2.75, 3.05) is 26.5 Å². The molecule has 3 N–H and O–H groups in total. The molecular weight excluding hydrogens is 280 g/mol. The number of rotatable bonds is 5. The topological polar surface area (TPSA) is 65.7 Å². The van der Waals surface area contributed by atoms with E-state index in [9.17, 15) is 0 Å². The summed E-state index contributed by atoms with van der Waals surface area (Å²) < 4.78 is 16.3. The summed E-state index contributed by atoms with van der Waals surface area (Å²) in [6.45, 7) is 2.36. The molecule has 0 radical (unpaired) electrons. The SMILES string of the molecule is NCC(NCC1CCCO1)c1cc(Cl)c2c(c1)OCO2. The van der Waals surface area contributed by atoms with Gasteiger partial charge in [0.05, 0.1) is 11.1 Å². The Balaban J connectivity index is 1.70. The van der Waals surface area contributed by atoms with Crippen LogP contribution < -0.4 is 20.5 Å². The number of benzene rings is 1. The number of fused-ring (bicyclic) bond motifs is 1. The van der Waals surface area contributed by atoms with Gasteiger partial charge in [0.2, 0.25) is 6.79 Å². The first-order valence-corrected chi connectivity index (χ1v) is 7.30. The molecule has 2 aliphatic heterocycles. The van der Waals surface area contributed by atoms with Crippen molar-refractivity contribution < 1.29 is 14.2 Å². The van der Waals surface area contributed by atoms with Crippen molar-refractivity contribution in [3.05, 3.63) is 22.7 Å². The molecule has 1 aromatic rings. The summed E-state index contributed by atoms with van der Waals surface area (Å²) in [6, 6.07) is 3.86. The first-order chi connectivity index (χ1) is 9.78. The molecule has 3 rings (SSSR count). The van der Waals surface area contributed by atoms with Gasteiger partial charge in [-0.2, -0.15) is 0 Å². The standard InChI is InChI=1S/C14H19ClN2O3/c15-11-4-9(5-13-14(11)20-8-19-13)12(6-16)17-7-10-2-1-3-18-10/h4-5,10,12,17H,1-3,6-8,16H2. The molecule has 0 spiro atoms. The van der Waals surface area contributed by atoms with Gasteiger partial charge in [-0.25, -0.2) is 0 Å². The second kappa shape index (κ2) is 6.18. The van der Waals surface area contributed by atoms with E-state index in [4.69, 9.17) is 31.5 Å². The van der Waals surface area contributed by atoms with Crippen molar-refractivity contribution in [1.29, 1.82) is 0 Å². The fourth-order valence-electron chi connectivity index (χ4n) is 2.60. The van der Waals surface area contributed by atoms with Crippen molar-refractivity contribution in [1.82, 2.24) is 5.32 Å². The summed E-state index contributed by atoms with van der Waals surface area (Å²) in [7, 11) is 0. The van der Waals surface area contributed by atoms with Crippen LogP contribution in [0.2, 0.25) is 5.02 Å². The van der Waals surface area contributed by atoms with Gasteiger partial charge in [0.25, 0.3) is 0 Å². The van der Waals surface area contributed by atoms with Gasteiger partial charge in [-0.3, -0.25) is 0 Å². The first-order valence-electron chi connectivity index (χ1n) is 6.92. The molecule has 5 nitrogen and oxygen atoms in total. The highest BCUT2D eigenvalue weighted by molar-refractivity contribution is 6.32. The van der Waals surface area contributed by atoms with Crippen molar-refractivity contribution >= 4 is 11.6 Å². The Morgan fingerprint density at radius 1 is 1.40 bits per heavy atom. The van der Waals surface area contributed by atoms with E-state index in [0.717, 1.165) is 31.6 Å². The number of nitrogens with one attached hydrogen (secondary N) is 1. The average Bonchev–Trinajstić information content (AvgIpc) is 3.10. The van der Waals surface area contributed by atoms with E-state index in [-0.39, 0.29) is 18.9 Å². The minimum atomic E-state index is 0.0335. The second-order valence-corrected chi connectivity index (χ2v) is 5.48. The second-order valence-electron chi connectivity index (χ2n) is 5.07. The van der Waals surface area contributed by atoms with Crippen LogP contribution in [0.4, 0.5) is 0 Å². The summed E-state index contributed by atoms with van der Waals surface area (Å²) in [5, 5.41) is 4.00. The Morgan fingerprint density at radius 3 is 3.05 bits per heavy atom. The maximum atomic E-state index is 6.20. The third-order valence-electron chi connectivity index (χ3n) is 3.70. The number of ether oxygens (including phenoxy) is 3. The number of nitrogens with two attached hydrogens (primary N) is 1. The van der Waals surface area contributed by atoms with Gasteiger partial charge in [-0.1, -0.05) is 11.6 Å². The molecule has 0 aromatic heterocycles. The van der Waals surface area contributed by atoms with Crippen LogP contribution in [-0.4, -0.2) is 32.6 Å². The lowest BCUT2D eigenvalue weighted by Gasteiger charge is -2.20. The van der Waals surface area contributed by atoms with Crippen molar-refractivity contribution in [2.24, 2.45) is 5.73 Å². The Kier molecular flexibility index (Phi) is 4.31. The Hall–Kier alpha value is -1.01. The maximum absolute atomic E-state index is 6.20. The predicted molar refractivity (Wildman–Crippen MR) is 76.3 cm³/mol. The molecular formula is C14H19ClN2O3. The summed E-state index contributed by atoms with van der Waals surface area (Å²) in [4.78, 5) is 0. The average molecular weight is 299 g/mol. The molecule has 110 valence electrons. The zero-order chi connectivity index (χ0) is 13.9. The van der Waals surface area contributed by atoms with Crippen LogP contribution in [0.25, 0.3) is 0 Å². The lowest BCUT2D eigenvalue weighted by Crippen LogP contribution is -2.34. The maximum Gasteiger partial charge on any atom is 0.231 e. The molecule has 20 heavy (non-hydrogen) atoms. The van der Waals surface area contributed by atoms with Gasteiger partial charge in [0.15, 0.2) is 11.5 Å². The first kappa shape index (κ1) is 13.9. The molecule has 1 saturated heterocycles. The third kappa shape index (κ3) is 2.86. The number of hydrogen-bond donors (Lipinski definition) is 2. The van der Waals surface area contributed by atoms with E-state index < -0.39 is 0 Å². The van der Waals surface area contributed by atoms with Gasteiger partial charge in [-0.15, -0.1) is 0 Å². The summed E-state index contributed by atoms with van der Waals surface area (Å²) in [5.74, 6) is 1.30. The molecule has 1 fully saturated rings. The highest BCUT2D eigenvalue weighted by Gasteiger charge is 2.22. The lowest BCUT2D eigenvalue weighted by molar-refractivity contribution is 0.107. The molecule has 2 unspecified atom stereocenters. The van der Waals surface area contributed by atoms with E-state index >= 15 is 0 Å². The highest BCUT2D eigenvalue weighted by Crippen LogP contribution is 2.40. The molecule has 2 heterocycles. The highest BCUT2D eigenvalue weighted by atomic mass is 35.5. The van der Waals surface area contributed by atoms with Crippen LogP contribution in [0.15, 0.2) is 12.1 Å². The van der Waals surface area contributed by atoms with Crippen LogP contribution in [-0.2, 0) is 4.74 Å². The Labute approximate surface area is 123 Å². The number of halogens is 1. The minimum absolute atomic E-state index is 0.0335. The van der Waals surface area contributed by atoms with Crippen LogP contribution in [0, 0.1) is 0 Å². The van der Waals surface area contributed by atoms with Crippen LogP contribution >= 0.6 is 11.6 Å². The van der Waals surface area contributed by atoms with Crippen LogP contribution in [0.3, 0.4) is 0 Å². The van der Waals surface area contributed by atoms with Crippen molar-refractivity contribution in [3.8, 4) is 11.5 Å². The summed E-state index contributed by atoms with van der Waals surface area (Å²) >= 11 is 6.20. The Bertz CT molecular complexity index is 478. The van der Waals surface area contributed by atoms with Gasteiger partial charge >= 0.3 is 0 Å². The van der Waals surface area contributed by atoms with Crippen LogP contribution in [0.5, 0.6) is 11.5 Å². The molecule has 0 saturated carbocycles. The normalized spacial score (nSPS) is 22.2. The van der Waals surface area contributed by atoms with Gasteiger partial charge in [0, 0.05) is 25.7 Å². The lowest BCUT2D eigenvalue weighted by atomic mass is 10.1. The molecule has 2 aliphatic rings. The van der Waals surface area contributed by atoms with E-state index in [1.54, 1.807) is 0 Å². The van der Waals surface area contributed by atoms with Crippen molar-refractivity contribution in [2.45, 2.75) is 25.0 Å². The monoisotopic (exact) mass is 298 g/mol. The fraction of sp³-hybridized carbons (Fsp3) is 0.571. The fourth-order valence-corrected chi connectivity index (χ4v) is 2.88. The van der Waals surface area contributed by atoms with Crippen molar-refractivity contribution in [3.63, 3.8) is 0 Å². The van der Waals surface area contributed by atoms with Crippen LogP contribution in [0.1, 0.15) is 24.4 Å². The molecule has 6 heteroatoms. The zero-order valence-electron chi connectivity index (χ0n) is 11.2. The summed E-state index contributed by atoms with van der Waals surface area (Å²) in [5.41, 5.74) is 6.88. The zero-order valence-corrected chi connectivity index (χ0v) is 12.0. The Morgan fingerprint density at radius 2 is 2.30 bits per heavy atom. The predicted octanol–water partition coefficient (Wildman–Crippen LogP) is 1.84. The summed E-state index contributed by atoms with van der Waals surface area (Å²) in [6.07, 6.45) is 2.52. The molecule has 0 aliphatic carbocycles. The molecule has 1 aromatic carbocycles. The third-order valence-corrected chi connectivity index (χ3v) is 3.98. The quantitative estimate of drug-likeness (QED) is 0.868. The van der Waals surface area contributed by atoms with Gasteiger partial charge < -0.3 is 25.3 Å². The van der Waals surface area contributed by atoms with E-state index in [2.05, 4.69) is 5.32 Å². The molecule has 0 amide bonds. The van der Waals surface area contributed by atoms with Gasteiger partial charge in [0.1, 0.15) is 0 Å².